The van der Waals surface area contributed by atoms with Gasteiger partial charge in [0.25, 0.3) is 0 Å². The van der Waals surface area contributed by atoms with Crippen molar-refractivity contribution in [2.45, 2.75) is 71.1 Å². The van der Waals surface area contributed by atoms with Crippen LogP contribution in [-0.2, 0) is 9.59 Å². The minimum Gasteiger partial charge on any atom is -0.395 e. The van der Waals surface area contributed by atoms with Gasteiger partial charge in [0.15, 0.2) is 0 Å². The molecule has 0 aromatic rings. The largest absolute Gasteiger partial charge is 0.395 e. The van der Waals surface area contributed by atoms with Crippen LogP contribution in [0.4, 0.5) is 0 Å². The molecule has 0 spiro atoms. The Labute approximate surface area is 163 Å². The molecule has 0 aliphatic heterocycles. The number of rotatable bonds is 16. The van der Waals surface area contributed by atoms with Gasteiger partial charge in [0.05, 0.1) is 24.6 Å². The second-order valence-electron chi connectivity index (χ2n) is 6.98. The minimum absolute atomic E-state index is 0.102. The van der Waals surface area contributed by atoms with Crippen LogP contribution in [0.5, 0.6) is 0 Å². The Morgan fingerprint density at radius 1 is 0.815 bits per heavy atom. The highest BCUT2D eigenvalue weighted by molar-refractivity contribution is 6.22. The monoisotopic (exact) mass is 380 g/mol. The van der Waals surface area contributed by atoms with Crippen LogP contribution in [-0.4, -0.2) is 48.1 Å². The van der Waals surface area contributed by atoms with E-state index in [-0.39, 0.29) is 43.6 Å². The number of carbonyl (C=O) groups excluding carboxylic acids is 2. The molecule has 6 heteroatoms. The van der Waals surface area contributed by atoms with Crippen LogP contribution in [0.25, 0.3) is 0 Å². The van der Waals surface area contributed by atoms with E-state index in [1.54, 1.807) is 0 Å². The molecule has 0 heterocycles. The standard InChI is InChI=1S/C21H36N2O4/c1-2-3-4-5-6-7-8-9-10-11-17-20(23-13-15-25)19(26)16-18(21(17)27)22-12-14-24/h16,22-25H,2-15H2,1H3. The van der Waals surface area contributed by atoms with Gasteiger partial charge in [0.1, 0.15) is 0 Å². The van der Waals surface area contributed by atoms with E-state index in [1.807, 2.05) is 0 Å². The highest BCUT2D eigenvalue weighted by atomic mass is 16.3. The fraction of sp³-hybridized carbons (Fsp3) is 0.714. The van der Waals surface area contributed by atoms with E-state index in [0.717, 1.165) is 19.3 Å². The molecule has 0 bridgehead atoms. The van der Waals surface area contributed by atoms with Gasteiger partial charge in [-0.05, 0) is 12.8 Å². The van der Waals surface area contributed by atoms with Gasteiger partial charge in [-0.2, -0.15) is 0 Å². The molecule has 0 saturated carbocycles. The van der Waals surface area contributed by atoms with E-state index >= 15 is 0 Å². The Morgan fingerprint density at radius 3 is 1.96 bits per heavy atom. The molecule has 0 radical (unpaired) electrons. The number of Topliss-reactive ketones (excluding diaryl/α,β-unsaturated/α-hetero) is 1. The number of carbonyl (C=O) groups is 2. The third kappa shape index (κ3) is 8.71. The first-order chi connectivity index (χ1) is 13.2. The zero-order valence-electron chi connectivity index (χ0n) is 16.7. The van der Waals surface area contributed by atoms with Gasteiger partial charge in [-0.15, -0.1) is 0 Å². The predicted molar refractivity (Wildman–Crippen MR) is 107 cm³/mol. The van der Waals surface area contributed by atoms with Crippen molar-refractivity contribution in [1.82, 2.24) is 10.6 Å². The highest BCUT2D eigenvalue weighted by Gasteiger charge is 2.27. The van der Waals surface area contributed by atoms with Crippen LogP contribution in [0.1, 0.15) is 71.1 Å². The molecule has 0 aromatic carbocycles. The number of hydrogen-bond acceptors (Lipinski definition) is 6. The van der Waals surface area contributed by atoms with E-state index in [4.69, 9.17) is 10.2 Å². The molecule has 154 valence electrons. The quantitative estimate of drug-likeness (QED) is 0.242. The number of ketones is 2. The minimum atomic E-state index is -0.255. The Hall–Kier alpha value is -1.66. The second kappa shape index (κ2) is 14.4. The number of aliphatic hydroxyl groups excluding tert-OH is 2. The molecule has 0 aromatic heterocycles. The average Bonchev–Trinajstić information content (AvgIpc) is 2.67. The number of hydrogen-bond donors (Lipinski definition) is 4. The molecular weight excluding hydrogens is 344 g/mol. The van der Waals surface area contributed by atoms with E-state index < -0.39 is 0 Å². The smallest absolute Gasteiger partial charge is 0.207 e. The van der Waals surface area contributed by atoms with Crippen molar-refractivity contribution in [2.75, 3.05) is 26.3 Å². The normalized spacial score (nSPS) is 14.6. The number of unbranched alkanes of at least 4 members (excludes halogenated alkanes) is 8. The molecular formula is C21H36N2O4. The molecule has 1 rings (SSSR count). The van der Waals surface area contributed by atoms with E-state index in [0.29, 0.717) is 17.7 Å². The molecule has 0 unspecified atom stereocenters. The maximum Gasteiger partial charge on any atom is 0.207 e. The predicted octanol–water partition coefficient (Wildman–Crippen LogP) is 2.36. The Morgan fingerprint density at radius 2 is 1.37 bits per heavy atom. The van der Waals surface area contributed by atoms with Crippen molar-refractivity contribution >= 4 is 11.6 Å². The van der Waals surface area contributed by atoms with Gasteiger partial charge < -0.3 is 20.8 Å². The first-order valence-electron chi connectivity index (χ1n) is 10.4. The third-order valence-corrected chi connectivity index (χ3v) is 4.71. The van der Waals surface area contributed by atoms with E-state index in [2.05, 4.69) is 17.6 Å². The van der Waals surface area contributed by atoms with Crippen LogP contribution in [0, 0.1) is 0 Å². The lowest BCUT2D eigenvalue weighted by atomic mass is 9.92. The van der Waals surface area contributed by atoms with Gasteiger partial charge in [-0.1, -0.05) is 58.3 Å². The summed E-state index contributed by atoms with van der Waals surface area (Å²) < 4.78 is 0. The maximum atomic E-state index is 12.7. The molecule has 1 aliphatic rings. The lowest BCUT2D eigenvalue weighted by Gasteiger charge is -2.20. The van der Waals surface area contributed by atoms with Gasteiger partial charge in [0, 0.05) is 24.7 Å². The lowest BCUT2D eigenvalue weighted by Crippen LogP contribution is -2.34. The molecule has 0 saturated heterocycles. The summed E-state index contributed by atoms with van der Waals surface area (Å²) in [5.74, 6) is -0.447. The zero-order chi connectivity index (χ0) is 19.9. The lowest BCUT2D eigenvalue weighted by molar-refractivity contribution is -0.116. The summed E-state index contributed by atoms with van der Waals surface area (Å²) in [5, 5.41) is 23.7. The summed E-state index contributed by atoms with van der Waals surface area (Å²) in [4.78, 5) is 25.0. The van der Waals surface area contributed by atoms with Gasteiger partial charge >= 0.3 is 0 Å². The summed E-state index contributed by atoms with van der Waals surface area (Å²) in [6, 6.07) is 0. The number of aliphatic hydroxyl groups is 2. The van der Waals surface area contributed by atoms with Crippen molar-refractivity contribution in [2.24, 2.45) is 0 Å². The average molecular weight is 381 g/mol. The van der Waals surface area contributed by atoms with Crippen LogP contribution >= 0.6 is 0 Å². The topological polar surface area (TPSA) is 98.7 Å². The van der Waals surface area contributed by atoms with Crippen molar-refractivity contribution < 1.29 is 19.8 Å². The second-order valence-corrected chi connectivity index (χ2v) is 6.98. The molecule has 0 amide bonds. The Kier molecular flexibility index (Phi) is 12.5. The summed E-state index contributed by atoms with van der Waals surface area (Å²) in [5.41, 5.74) is 1.04. The first-order valence-corrected chi connectivity index (χ1v) is 10.4. The molecule has 1 aliphatic carbocycles. The van der Waals surface area contributed by atoms with E-state index in [1.165, 1.54) is 44.6 Å². The summed E-state index contributed by atoms with van der Waals surface area (Å²) in [7, 11) is 0. The van der Waals surface area contributed by atoms with Crippen LogP contribution in [0.2, 0.25) is 0 Å². The highest BCUT2D eigenvalue weighted by Crippen LogP contribution is 2.22. The summed E-state index contributed by atoms with van der Waals surface area (Å²) >= 11 is 0. The zero-order valence-corrected chi connectivity index (χ0v) is 16.7. The molecule has 6 nitrogen and oxygen atoms in total. The fourth-order valence-electron chi connectivity index (χ4n) is 3.24. The molecule has 4 N–H and O–H groups in total. The van der Waals surface area contributed by atoms with Crippen LogP contribution in [0.15, 0.2) is 23.0 Å². The van der Waals surface area contributed by atoms with Crippen molar-refractivity contribution in [3.8, 4) is 0 Å². The third-order valence-electron chi connectivity index (χ3n) is 4.71. The SMILES string of the molecule is CCCCCCCCCCCC1=C(NCCO)C(=O)C=C(NCCO)C1=O. The van der Waals surface area contributed by atoms with Crippen LogP contribution in [0.3, 0.4) is 0 Å². The van der Waals surface area contributed by atoms with Crippen molar-refractivity contribution in [3.63, 3.8) is 0 Å². The van der Waals surface area contributed by atoms with Crippen molar-refractivity contribution in [3.05, 3.63) is 23.0 Å². The van der Waals surface area contributed by atoms with Crippen LogP contribution < -0.4 is 10.6 Å². The van der Waals surface area contributed by atoms with Gasteiger partial charge in [-0.25, -0.2) is 0 Å². The molecule has 0 atom stereocenters. The van der Waals surface area contributed by atoms with Crippen molar-refractivity contribution in [1.29, 1.82) is 0 Å². The summed E-state index contributed by atoms with van der Waals surface area (Å²) in [6.07, 6.45) is 12.5. The van der Waals surface area contributed by atoms with Gasteiger partial charge in [0.2, 0.25) is 11.6 Å². The Balaban J connectivity index is 2.52. The van der Waals surface area contributed by atoms with Gasteiger partial charge in [-0.3, -0.25) is 9.59 Å². The summed E-state index contributed by atoms with van der Waals surface area (Å²) in [6.45, 7) is 2.48. The number of nitrogens with one attached hydrogen (secondary N) is 2. The first kappa shape index (κ1) is 23.4. The number of allylic oxidation sites excluding steroid dienone is 2. The molecule has 27 heavy (non-hydrogen) atoms. The fourth-order valence-corrected chi connectivity index (χ4v) is 3.24. The maximum absolute atomic E-state index is 12.7. The van der Waals surface area contributed by atoms with E-state index in [9.17, 15) is 9.59 Å². The Bertz CT molecular complexity index is 526. The molecule has 0 fully saturated rings.